The molecule has 0 spiro atoms. The lowest BCUT2D eigenvalue weighted by Crippen LogP contribution is -2.17. The first kappa shape index (κ1) is 14.4. The van der Waals surface area contributed by atoms with E-state index in [1.54, 1.807) is 18.6 Å². The highest BCUT2D eigenvalue weighted by Crippen LogP contribution is 2.33. The molecule has 3 heterocycles. The van der Waals surface area contributed by atoms with Gasteiger partial charge in [-0.25, -0.2) is 9.98 Å². The molecule has 5 heteroatoms. The Hall–Kier alpha value is -3.21. The van der Waals surface area contributed by atoms with Gasteiger partial charge in [0, 0.05) is 42.1 Å². The van der Waals surface area contributed by atoms with E-state index >= 15 is 0 Å². The topological polar surface area (TPSA) is 80.0 Å². The summed E-state index contributed by atoms with van der Waals surface area (Å²) in [4.78, 5) is 16.6. The molecule has 3 N–H and O–H groups in total. The molecule has 1 atom stereocenters. The molecule has 0 radical (unpaired) electrons. The summed E-state index contributed by atoms with van der Waals surface area (Å²) in [5, 5.41) is 0. The molecule has 0 aliphatic carbocycles. The second kappa shape index (κ2) is 6.12. The molecule has 0 fully saturated rings. The summed E-state index contributed by atoms with van der Waals surface area (Å²) < 4.78 is 0. The van der Waals surface area contributed by atoms with Crippen LogP contribution in [0.3, 0.4) is 0 Å². The number of nitrogens with one attached hydrogen (secondary N) is 1. The van der Waals surface area contributed by atoms with Gasteiger partial charge in [-0.2, -0.15) is 0 Å². The van der Waals surface area contributed by atoms with Crippen LogP contribution >= 0.6 is 0 Å². The number of allylic oxidation sites excluding steroid dienone is 1. The molecule has 24 heavy (non-hydrogen) atoms. The maximum atomic E-state index is 5.92. The van der Waals surface area contributed by atoms with Crippen LogP contribution in [0.4, 0.5) is 0 Å². The third kappa shape index (κ3) is 2.72. The second-order valence-electron chi connectivity index (χ2n) is 5.72. The normalized spacial score (nSPS) is 16.8. The number of hydrogen-bond acceptors (Lipinski definition) is 4. The molecule has 0 saturated heterocycles. The van der Waals surface area contributed by atoms with E-state index in [0.717, 1.165) is 28.3 Å². The number of nitrogens with two attached hydrogens (primary N) is 1. The van der Waals surface area contributed by atoms with Crippen LogP contribution in [-0.4, -0.2) is 20.8 Å². The second-order valence-corrected chi connectivity index (χ2v) is 5.72. The SMILES string of the molecule is NC1=NC=CC(c2[nH]c(-c3ccccc3)nc2-c2ccncc2)C1. The third-order valence-corrected chi connectivity index (χ3v) is 4.09. The van der Waals surface area contributed by atoms with Crippen LogP contribution in [-0.2, 0) is 0 Å². The van der Waals surface area contributed by atoms with Crippen molar-refractivity contribution in [3.05, 3.63) is 72.8 Å². The van der Waals surface area contributed by atoms with Crippen molar-refractivity contribution in [1.82, 2.24) is 15.0 Å². The third-order valence-electron chi connectivity index (χ3n) is 4.09. The number of amidine groups is 1. The van der Waals surface area contributed by atoms with Gasteiger partial charge in [0.1, 0.15) is 5.82 Å². The van der Waals surface area contributed by atoms with Crippen molar-refractivity contribution in [2.75, 3.05) is 0 Å². The predicted octanol–water partition coefficient (Wildman–Crippen LogP) is 3.50. The van der Waals surface area contributed by atoms with Crippen molar-refractivity contribution in [1.29, 1.82) is 0 Å². The Labute approximate surface area is 140 Å². The molecule has 118 valence electrons. The fourth-order valence-electron chi connectivity index (χ4n) is 2.90. The van der Waals surface area contributed by atoms with Crippen LogP contribution in [0, 0.1) is 0 Å². The molecular formula is C19H17N5. The quantitative estimate of drug-likeness (QED) is 0.776. The zero-order chi connectivity index (χ0) is 16.4. The van der Waals surface area contributed by atoms with E-state index in [0.29, 0.717) is 12.3 Å². The zero-order valence-electron chi connectivity index (χ0n) is 13.1. The number of pyridine rings is 1. The van der Waals surface area contributed by atoms with Crippen LogP contribution in [0.15, 0.2) is 72.1 Å². The zero-order valence-corrected chi connectivity index (χ0v) is 13.1. The summed E-state index contributed by atoms with van der Waals surface area (Å²) in [6.45, 7) is 0. The average molecular weight is 315 g/mol. The monoisotopic (exact) mass is 315 g/mol. The largest absolute Gasteiger partial charge is 0.387 e. The van der Waals surface area contributed by atoms with Crippen molar-refractivity contribution in [3.63, 3.8) is 0 Å². The number of aliphatic imine (C=N–C) groups is 1. The van der Waals surface area contributed by atoms with Crippen molar-refractivity contribution in [2.24, 2.45) is 10.7 Å². The molecule has 5 nitrogen and oxygen atoms in total. The maximum Gasteiger partial charge on any atom is 0.138 e. The smallest absolute Gasteiger partial charge is 0.138 e. The fraction of sp³-hybridized carbons (Fsp3) is 0.105. The molecule has 0 saturated carbocycles. The molecule has 3 aromatic rings. The summed E-state index contributed by atoms with van der Waals surface area (Å²) in [5.41, 5.74) is 10.00. The predicted molar refractivity (Wildman–Crippen MR) is 95.4 cm³/mol. The van der Waals surface area contributed by atoms with Crippen molar-refractivity contribution < 1.29 is 0 Å². The van der Waals surface area contributed by atoms with E-state index in [4.69, 9.17) is 10.7 Å². The van der Waals surface area contributed by atoms with Gasteiger partial charge in [-0.15, -0.1) is 0 Å². The van der Waals surface area contributed by atoms with Crippen LogP contribution in [0.2, 0.25) is 0 Å². The van der Waals surface area contributed by atoms with Crippen molar-refractivity contribution >= 4 is 5.84 Å². The molecule has 1 aliphatic heterocycles. The molecular weight excluding hydrogens is 298 g/mol. The molecule has 4 rings (SSSR count). The van der Waals surface area contributed by atoms with Gasteiger partial charge in [0.25, 0.3) is 0 Å². The Kier molecular flexibility index (Phi) is 3.67. The van der Waals surface area contributed by atoms with Gasteiger partial charge in [0.05, 0.1) is 17.2 Å². The van der Waals surface area contributed by atoms with Gasteiger partial charge >= 0.3 is 0 Å². The molecule has 0 amide bonds. The molecule has 1 aromatic carbocycles. The van der Waals surface area contributed by atoms with Crippen LogP contribution in [0.25, 0.3) is 22.6 Å². The van der Waals surface area contributed by atoms with E-state index in [1.165, 1.54) is 0 Å². The minimum absolute atomic E-state index is 0.135. The lowest BCUT2D eigenvalue weighted by atomic mass is 9.95. The van der Waals surface area contributed by atoms with E-state index in [9.17, 15) is 0 Å². The number of H-pyrrole nitrogens is 1. The molecule has 1 aliphatic rings. The van der Waals surface area contributed by atoms with Gasteiger partial charge in [0.15, 0.2) is 0 Å². The van der Waals surface area contributed by atoms with Gasteiger partial charge in [-0.3, -0.25) is 4.98 Å². The number of aromatic amines is 1. The van der Waals surface area contributed by atoms with Crippen molar-refractivity contribution in [3.8, 4) is 22.6 Å². The molecule has 0 bridgehead atoms. The number of aromatic nitrogens is 3. The highest BCUT2D eigenvalue weighted by molar-refractivity contribution is 5.83. The number of hydrogen-bond donors (Lipinski definition) is 2. The number of benzene rings is 1. The van der Waals surface area contributed by atoms with E-state index in [2.05, 4.69) is 21.0 Å². The average Bonchev–Trinajstić information content (AvgIpc) is 3.09. The fourth-order valence-corrected chi connectivity index (χ4v) is 2.90. The highest BCUT2D eigenvalue weighted by atomic mass is 15.0. The Balaban J connectivity index is 1.83. The molecule has 1 unspecified atom stereocenters. The first-order chi connectivity index (χ1) is 11.8. The molecule has 2 aromatic heterocycles. The summed E-state index contributed by atoms with van der Waals surface area (Å²) in [6, 6.07) is 14.1. The van der Waals surface area contributed by atoms with E-state index < -0.39 is 0 Å². The van der Waals surface area contributed by atoms with Gasteiger partial charge in [-0.05, 0) is 12.1 Å². The van der Waals surface area contributed by atoms with Gasteiger partial charge < -0.3 is 10.7 Å². The van der Waals surface area contributed by atoms with Gasteiger partial charge in [-0.1, -0.05) is 36.4 Å². The lowest BCUT2D eigenvalue weighted by Gasteiger charge is -2.15. The Morgan fingerprint density at radius 3 is 2.54 bits per heavy atom. The number of nitrogens with zero attached hydrogens (tertiary/aromatic N) is 3. The standard InChI is InChI=1S/C19H17N5/c20-16-12-15(8-11-22-16)18-17(13-6-9-21-10-7-13)23-19(24-18)14-4-2-1-3-5-14/h1-11,15H,12H2,(H2,20,22)(H,23,24). The van der Waals surface area contributed by atoms with Crippen molar-refractivity contribution in [2.45, 2.75) is 12.3 Å². The number of rotatable bonds is 3. The lowest BCUT2D eigenvalue weighted by molar-refractivity contribution is 0.839. The van der Waals surface area contributed by atoms with E-state index in [-0.39, 0.29) is 5.92 Å². The Morgan fingerprint density at radius 1 is 1.00 bits per heavy atom. The van der Waals surface area contributed by atoms with Crippen LogP contribution in [0.5, 0.6) is 0 Å². The Bertz CT molecular complexity index is 894. The first-order valence-corrected chi connectivity index (χ1v) is 7.86. The van der Waals surface area contributed by atoms with E-state index in [1.807, 2.05) is 42.5 Å². The first-order valence-electron chi connectivity index (χ1n) is 7.86. The summed E-state index contributed by atoms with van der Waals surface area (Å²) in [7, 11) is 0. The minimum atomic E-state index is 0.135. The maximum absolute atomic E-state index is 5.92. The Morgan fingerprint density at radius 2 is 1.79 bits per heavy atom. The van der Waals surface area contributed by atoms with Gasteiger partial charge in [0.2, 0.25) is 0 Å². The summed E-state index contributed by atoms with van der Waals surface area (Å²) in [5.74, 6) is 1.63. The van der Waals surface area contributed by atoms with Crippen LogP contribution < -0.4 is 5.73 Å². The summed E-state index contributed by atoms with van der Waals surface area (Å²) in [6.07, 6.45) is 8.07. The number of imidazole rings is 1. The highest BCUT2D eigenvalue weighted by Gasteiger charge is 2.22. The summed E-state index contributed by atoms with van der Waals surface area (Å²) >= 11 is 0. The minimum Gasteiger partial charge on any atom is -0.387 e. The van der Waals surface area contributed by atoms with Crippen LogP contribution in [0.1, 0.15) is 18.0 Å².